The van der Waals surface area contributed by atoms with Crippen molar-refractivity contribution in [3.05, 3.63) is 58.7 Å². The van der Waals surface area contributed by atoms with Gasteiger partial charge in [0.25, 0.3) is 0 Å². The van der Waals surface area contributed by atoms with Crippen LogP contribution in [-0.2, 0) is 17.1 Å². The first-order valence-electron chi connectivity index (χ1n) is 6.88. The fraction of sp³-hybridized carbons (Fsp3) is 0.294. The molecule has 0 aliphatic carbocycles. The second-order valence-corrected chi connectivity index (χ2v) is 11.7. The summed E-state index contributed by atoms with van der Waals surface area (Å²) >= 11 is 1.96. The van der Waals surface area contributed by atoms with Crippen LogP contribution in [0.2, 0.25) is 5.82 Å². The van der Waals surface area contributed by atoms with Crippen LogP contribution in [-0.4, -0.2) is 44.9 Å². The maximum atomic E-state index is 2.43. The van der Waals surface area contributed by atoms with Crippen LogP contribution >= 0.6 is 0 Å². The predicted molar refractivity (Wildman–Crippen MR) is 89.1 cm³/mol. The third kappa shape index (κ3) is 2.26. The van der Waals surface area contributed by atoms with Crippen molar-refractivity contribution in [1.82, 2.24) is 0 Å². The van der Waals surface area contributed by atoms with Crippen molar-refractivity contribution in [2.24, 2.45) is 0 Å². The summed E-state index contributed by atoms with van der Waals surface area (Å²) in [7, 11) is 0. The van der Waals surface area contributed by atoms with Gasteiger partial charge in [-0.1, -0.05) is 0 Å². The van der Waals surface area contributed by atoms with E-state index in [1.54, 1.807) is 31.2 Å². The molecule has 0 fully saturated rings. The van der Waals surface area contributed by atoms with Crippen molar-refractivity contribution in [3.8, 4) is 0 Å². The van der Waals surface area contributed by atoms with Gasteiger partial charge in [-0.05, 0) is 0 Å². The first kappa shape index (κ1) is 13.6. The fourth-order valence-corrected chi connectivity index (χ4v) is 11.0. The topological polar surface area (TPSA) is 0 Å². The summed E-state index contributed by atoms with van der Waals surface area (Å²) in [5.41, 5.74) is 6.72. The zero-order valence-corrected chi connectivity index (χ0v) is 16.5. The molecule has 0 aromatic heterocycles. The van der Waals surface area contributed by atoms with Crippen LogP contribution < -0.4 is 8.92 Å². The Bertz CT molecular complexity index is 663. The van der Waals surface area contributed by atoms with Gasteiger partial charge in [0.1, 0.15) is 0 Å². The summed E-state index contributed by atoms with van der Waals surface area (Å²) < 4.78 is 3.49. The van der Waals surface area contributed by atoms with Gasteiger partial charge in [-0.25, -0.2) is 0 Å². The van der Waals surface area contributed by atoms with Crippen molar-refractivity contribution in [1.29, 1.82) is 0 Å². The van der Waals surface area contributed by atoms with Crippen LogP contribution in [0.1, 0.15) is 27.1 Å². The SMILES string of the molecule is C[Se]C1Cc2cccc3c2[Se]c2c(cccc21)C[Se]C3. The second kappa shape index (κ2) is 5.65. The van der Waals surface area contributed by atoms with Gasteiger partial charge in [-0.2, -0.15) is 0 Å². The summed E-state index contributed by atoms with van der Waals surface area (Å²) in [6.07, 6.45) is 1.28. The molecule has 2 aliphatic heterocycles. The van der Waals surface area contributed by atoms with Gasteiger partial charge >= 0.3 is 140 Å². The first-order valence-corrected chi connectivity index (χ1v) is 13.7. The van der Waals surface area contributed by atoms with E-state index in [-0.39, 0.29) is 0 Å². The van der Waals surface area contributed by atoms with Crippen LogP contribution in [0.15, 0.2) is 36.4 Å². The number of hydrogen-bond acceptors (Lipinski definition) is 0. The van der Waals surface area contributed by atoms with Gasteiger partial charge < -0.3 is 0 Å². The van der Waals surface area contributed by atoms with E-state index < -0.39 is 0 Å². The Labute approximate surface area is 139 Å². The molecule has 0 radical (unpaired) electrons. The van der Waals surface area contributed by atoms with Crippen LogP contribution in [0.25, 0.3) is 0 Å². The molecule has 0 spiro atoms. The van der Waals surface area contributed by atoms with Gasteiger partial charge in [0.2, 0.25) is 0 Å². The zero-order chi connectivity index (χ0) is 13.5. The Morgan fingerprint density at radius 2 is 1.65 bits per heavy atom. The molecule has 4 rings (SSSR count). The van der Waals surface area contributed by atoms with Crippen molar-refractivity contribution in [2.75, 3.05) is 0 Å². The molecule has 0 nitrogen and oxygen atoms in total. The van der Waals surface area contributed by atoms with Gasteiger partial charge in [-0.3, -0.25) is 0 Å². The Balaban J connectivity index is 1.99. The normalized spacial score (nSPS) is 19.9. The van der Waals surface area contributed by atoms with E-state index in [1.807, 2.05) is 0 Å². The van der Waals surface area contributed by atoms with E-state index in [0.29, 0.717) is 29.9 Å². The molecule has 0 saturated heterocycles. The van der Waals surface area contributed by atoms with Crippen molar-refractivity contribution >= 4 is 53.8 Å². The summed E-state index contributed by atoms with van der Waals surface area (Å²) in [6.45, 7) is 0. The number of benzene rings is 2. The molecule has 0 amide bonds. The molecule has 3 heteroatoms. The molecule has 2 aromatic carbocycles. The third-order valence-corrected chi connectivity index (χ3v) is 11.3. The van der Waals surface area contributed by atoms with E-state index in [9.17, 15) is 0 Å². The molecule has 2 aliphatic rings. The van der Waals surface area contributed by atoms with Gasteiger partial charge in [-0.15, -0.1) is 0 Å². The van der Waals surface area contributed by atoms with Gasteiger partial charge in [0.15, 0.2) is 0 Å². The maximum absolute atomic E-state index is 2.43. The van der Waals surface area contributed by atoms with Gasteiger partial charge in [0.05, 0.1) is 0 Å². The molecular weight excluding hydrogens is 441 g/mol. The molecule has 2 aromatic rings. The standard InChI is InChI=1S/C17H16Se3/c1-18-15-8-11-4-2-5-12-9-19-10-13-6-3-7-14(15)17(13)20-16(11)12/h2-7,15H,8-10H2,1H3. The average Bonchev–Trinajstić information content (AvgIpc) is 2.62. The third-order valence-electron chi connectivity index (χ3n) is 4.06. The summed E-state index contributed by atoms with van der Waals surface area (Å²) in [6, 6.07) is 14.3. The van der Waals surface area contributed by atoms with E-state index in [2.05, 4.69) is 42.2 Å². The first-order chi connectivity index (χ1) is 9.86. The minimum atomic E-state index is 0.536. The van der Waals surface area contributed by atoms with E-state index >= 15 is 0 Å². The molecule has 0 saturated carbocycles. The van der Waals surface area contributed by atoms with E-state index in [4.69, 9.17) is 0 Å². The Hall–Kier alpha value is -0.00156. The summed E-state index contributed by atoms with van der Waals surface area (Å²) in [5, 5.41) is 2.68. The Morgan fingerprint density at radius 3 is 2.45 bits per heavy atom. The van der Waals surface area contributed by atoms with E-state index in [0.717, 1.165) is 19.8 Å². The molecule has 1 atom stereocenters. The van der Waals surface area contributed by atoms with Crippen molar-refractivity contribution in [2.45, 2.75) is 27.7 Å². The molecule has 1 unspecified atom stereocenters. The monoisotopic (exact) mass is 460 g/mol. The quantitative estimate of drug-likeness (QED) is 0.569. The van der Waals surface area contributed by atoms with Gasteiger partial charge in [0, 0.05) is 0 Å². The molecule has 102 valence electrons. The van der Waals surface area contributed by atoms with Crippen molar-refractivity contribution < 1.29 is 0 Å². The molecular formula is C17H16Se3. The second-order valence-electron chi connectivity index (χ2n) is 5.26. The van der Waals surface area contributed by atoms with E-state index in [1.165, 1.54) is 17.1 Å². The minimum absolute atomic E-state index is 0.536. The van der Waals surface area contributed by atoms with Crippen LogP contribution in [0.5, 0.6) is 0 Å². The van der Waals surface area contributed by atoms with Crippen LogP contribution in [0.4, 0.5) is 0 Å². The summed E-state index contributed by atoms with van der Waals surface area (Å²) in [4.78, 5) is 0.793. The molecule has 2 bridgehead atoms. The van der Waals surface area contributed by atoms with Crippen LogP contribution in [0.3, 0.4) is 0 Å². The summed E-state index contributed by atoms with van der Waals surface area (Å²) in [5.74, 6) is 2.42. The number of hydrogen-bond donors (Lipinski definition) is 0. The molecule has 0 N–H and O–H groups in total. The van der Waals surface area contributed by atoms with Crippen molar-refractivity contribution in [3.63, 3.8) is 0 Å². The zero-order valence-electron chi connectivity index (χ0n) is 11.4. The van der Waals surface area contributed by atoms with Crippen LogP contribution in [0, 0.1) is 0 Å². The Kier molecular flexibility index (Phi) is 3.86. The average molecular weight is 457 g/mol. The Morgan fingerprint density at radius 1 is 0.950 bits per heavy atom. The molecule has 2 heterocycles. The molecule has 20 heavy (non-hydrogen) atoms. The fourth-order valence-electron chi connectivity index (χ4n) is 3.03. The predicted octanol–water partition coefficient (Wildman–Crippen LogP) is 1.41. The number of rotatable bonds is 1.